The van der Waals surface area contributed by atoms with Crippen LogP contribution in [-0.2, 0) is 27.3 Å². The molecule has 0 aromatic heterocycles. The van der Waals surface area contributed by atoms with Crippen LogP contribution in [0.2, 0.25) is 0 Å². The van der Waals surface area contributed by atoms with Gasteiger partial charge in [-0.05, 0) is 69.4 Å². The fourth-order valence-corrected chi connectivity index (χ4v) is 2.70. The maximum Gasteiger partial charge on any atom is 0.320 e. The van der Waals surface area contributed by atoms with E-state index < -0.39 is 11.6 Å². The van der Waals surface area contributed by atoms with Crippen molar-refractivity contribution >= 4 is 17.6 Å². The molecule has 1 aromatic carbocycles. The van der Waals surface area contributed by atoms with Gasteiger partial charge in [-0.2, -0.15) is 0 Å². The van der Waals surface area contributed by atoms with Crippen molar-refractivity contribution in [2.24, 2.45) is 0 Å². The van der Waals surface area contributed by atoms with Crippen molar-refractivity contribution in [3.05, 3.63) is 27.8 Å². The summed E-state index contributed by atoms with van der Waals surface area (Å²) in [6, 6.07) is 0. The number of aliphatic carboxylic acids is 1. The van der Waals surface area contributed by atoms with Crippen LogP contribution in [0.1, 0.15) is 48.6 Å². The molecule has 0 amide bonds. The lowest BCUT2D eigenvalue weighted by Crippen LogP contribution is -2.31. The number of nitrogens with two attached hydrogens (primary N) is 1. The predicted molar refractivity (Wildman–Crippen MR) is 94.0 cm³/mol. The van der Waals surface area contributed by atoms with Gasteiger partial charge in [0, 0.05) is 12.2 Å². The van der Waals surface area contributed by atoms with Crippen molar-refractivity contribution in [1.29, 1.82) is 0 Å². The Bertz CT molecular complexity index is 646. The van der Waals surface area contributed by atoms with Crippen LogP contribution in [-0.4, -0.2) is 29.2 Å². The first-order valence-electron chi connectivity index (χ1n) is 7.95. The summed E-state index contributed by atoms with van der Waals surface area (Å²) in [7, 11) is 0. The summed E-state index contributed by atoms with van der Waals surface area (Å²) < 4.78 is 5.25. The van der Waals surface area contributed by atoms with Crippen LogP contribution in [0.5, 0.6) is 0 Å². The van der Waals surface area contributed by atoms with E-state index in [9.17, 15) is 9.59 Å². The van der Waals surface area contributed by atoms with Gasteiger partial charge in [0.25, 0.3) is 0 Å². The maximum absolute atomic E-state index is 11.8. The lowest BCUT2D eigenvalue weighted by Gasteiger charge is -2.21. The number of carbonyl (C=O) groups is 2. The number of nitrogen functional groups attached to an aromatic ring is 1. The summed E-state index contributed by atoms with van der Waals surface area (Å²) in [6.07, 6.45) is -0.0682. The molecule has 0 spiro atoms. The fourth-order valence-electron chi connectivity index (χ4n) is 2.70. The molecular weight excluding hydrogens is 308 g/mol. The molecule has 0 radical (unpaired) electrons. The van der Waals surface area contributed by atoms with E-state index in [0.717, 1.165) is 27.8 Å². The molecule has 0 saturated carbocycles. The lowest BCUT2D eigenvalue weighted by molar-refractivity contribution is -0.153. The topological polar surface area (TPSA) is 102 Å². The number of anilines is 1. The summed E-state index contributed by atoms with van der Waals surface area (Å²) in [5.74, 6) is -1.22. The van der Waals surface area contributed by atoms with E-state index in [-0.39, 0.29) is 18.9 Å². The molecule has 0 aliphatic heterocycles. The van der Waals surface area contributed by atoms with Gasteiger partial charge in [0.15, 0.2) is 0 Å². The molecule has 134 valence electrons. The SMILES string of the molecule is Cc1c(N)c(C)c(CC(=O)O)c(C)c1CNCC(=O)OC(C)(C)C. The zero-order chi connectivity index (χ0) is 18.7. The van der Waals surface area contributed by atoms with Crippen LogP contribution in [0.25, 0.3) is 0 Å². The Morgan fingerprint density at radius 2 is 1.62 bits per heavy atom. The monoisotopic (exact) mass is 336 g/mol. The lowest BCUT2D eigenvalue weighted by atomic mass is 9.90. The minimum Gasteiger partial charge on any atom is -0.481 e. The summed E-state index contributed by atoms with van der Waals surface area (Å²) >= 11 is 0. The molecule has 0 aliphatic rings. The van der Waals surface area contributed by atoms with Crippen molar-refractivity contribution in [3.63, 3.8) is 0 Å². The number of carboxylic acids is 1. The number of hydrogen-bond acceptors (Lipinski definition) is 5. The highest BCUT2D eigenvalue weighted by atomic mass is 16.6. The number of ether oxygens (including phenoxy) is 1. The number of carbonyl (C=O) groups excluding carboxylic acids is 1. The molecule has 0 heterocycles. The van der Waals surface area contributed by atoms with E-state index in [0.29, 0.717) is 12.2 Å². The van der Waals surface area contributed by atoms with Gasteiger partial charge in [0.1, 0.15) is 5.60 Å². The minimum absolute atomic E-state index is 0.0682. The first kappa shape index (κ1) is 20.0. The molecule has 6 nitrogen and oxygen atoms in total. The zero-order valence-electron chi connectivity index (χ0n) is 15.4. The number of carboxylic acid groups (broad SMARTS) is 1. The summed E-state index contributed by atoms with van der Waals surface area (Å²) in [4.78, 5) is 22.9. The Morgan fingerprint density at radius 1 is 1.08 bits per heavy atom. The molecule has 0 saturated heterocycles. The van der Waals surface area contributed by atoms with Crippen LogP contribution >= 0.6 is 0 Å². The molecular formula is C18H28N2O4. The smallest absolute Gasteiger partial charge is 0.320 e. The quantitative estimate of drug-likeness (QED) is 0.544. The molecule has 24 heavy (non-hydrogen) atoms. The number of rotatable bonds is 6. The minimum atomic E-state index is -0.892. The number of benzene rings is 1. The first-order valence-corrected chi connectivity index (χ1v) is 7.95. The molecule has 0 bridgehead atoms. The Kier molecular flexibility index (Phi) is 6.37. The van der Waals surface area contributed by atoms with E-state index in [1.165, 1.54) is 0 Å². The summed E-state index contributed by atoms with van der Waals surface area (Å²) in [6.45, 7) is 11.6. The number of nitrogens with one attached hydrogen (secondary N) is 1. The summed E-state index contributed by atoms with van der Waals surface area (Å²) in [5, 5.41) is 12.2. The Labute approximate surface area is 143 Å². The van der Waals surface area contributed by atoms with Crippen LogP contribution in [0.15, 0.2) is 0 Å². The second-order valence-corrected chi connectivity index (χ2v) is 7.01. The third-order valence-electron chi connectivity index (χ3n) is 3.94. The zero-order valence-corrected chi connectivity index (χ0v) is 15.4. The van der Waals surface area contributed by atoms with E-state index in [4.69, 9.17) is 15.6 Å². The third kappa shape index (κ3) is 5.23. The van der Waals surface area contributed by atoms with Crippen molar-refractivity contribution in [2.45, 2.75) is 60.1 Å². The standard InChI is InChI=1S/C18H28N2O4/c1-10-13(7-15(21)22)11(2)17(19)12(3)14(10)8-20-9-16(23)24-18(4,5)6/h20H,7-9,19H2,1-6H3,(H,21,22). The second kappa shape index (κ2) is 7.66. The van der Waals surface area contributed by atoms with E-state index in [1.54, 1.807) is 0 Å². The largest absolute Gasteiger partial charge is 0.481 e. The van der Waals surface area contributed by atoms with Crippen molar-refractivity contribution in [3.8, 4) is 0 Å². The fraction of sp³-hybridized carbons (Fsp3) is 0.556. The molecule has 1 rings (SSSR count). The van der Waals surface area contributed by atoms with Crippen molar-refractivity contribution in [2.75, 3.05) is 12.3 Å². The highest BCUT2D eigenvalue weighted by molar-refractivity contribution is 5.74. The van der Waals surface area contributed by atoms with Gasteiger partial charge >= 0.3 is 11.9 Å². The van der Waals surface area contributed by atoms with E-state index in [2.05, 4.69) is 5.32 Å². The van der Waals surface area contributed by atoms with Gasteiger partial charge in [-0.15, -0.1) is 0 Å². The van der Waals surface area contributed by atoms with Gasteiger partial charge in [0.05, 0.1) is 13.0 Å². The van der Waals surface area contributed by atoms with Crippen molar-refractivity contribution in [1.82, 2.24) is 5.32 Å². The van der Waals surface area contributed by atoms with Gasteiger partial charge in [0.2, 0.25) is 0 Å². The van der Waals surface area contributed by atoms with Crippen LogP contribution in [0.4, 0.5) is 5.69 Å². The van der Waals surface area contributed by atoms with Crippen LogP contribution in [0.3, 0.4) is 0 Å². The van der Waals surface area contributed by atoms with E-state index in [1.807, 2.05) is 41.5 Å². The Balaban J connectivity index is 2.94. The molecule has 0 aliphatic carbocycles. The predicted octanol–water partition coefficient (Wildman–Crippen LogP) is 2.25. The Morgan fingerprint density at radius 3 is 2.12 bits per heavy atom. The van der Waals surface area contributed by atoms with Crippen molar-refractivity contribution < 1.29 is 19.4 Å². The molecule has 1 aromatic rings. The van der Waals surface area contributed by atoms with Gasteiger partial charge < -0.3 is 20.9 Å². The second-order valence-electron chi connectivity index (χ2n) is 7.01. The highest BCUT2D eigenvalue weighted by Crippen LogP contribution is 2.29. The Hall–Kier alpha value is -2.08. The molecule has 0 atom stereocenters. The molecule has 4 N–H and O–H groups in total. The molecule has 6 heteroatoms. The highest BCUT2D eigenvalue weighted by Gasteiger charge is 2.19. The van der Waals surface area contributed by atoms with Crippen LogP contribution in [0, 0.1) is 20.8 Å². The maximum atomic E-state index is 11.8. The molecule has 0 unspecified atom stereocenters. The first-order chi connectivity index (χ1) is 10.9. The average molecular weight is 336 g/mol. The van der Waals surface area contributed by atoms with Gasteiger partial charge in [-0.3, -0.25) is 9.59 Å². The molecule has 0 fully saturated rings. The van der Waals surface area contributed by atoms with Crippen LogP contribution < -0.4 is 11.1 Å². The third-order valence-corrected chi connectivity index (χ3v) is 3.94. The van der Waals surface area contributed by atoms with Gasteiger partial charge in [-0.25, -0.2) is 0 Å². The number of hydrogen-bond donors (Lipinski definition) is 3. The number of esters is 1. The summed E-state index contributed by atoms with van der Waals surface area (Å²) in [5.41, 5.74) is 10.5. The average Bonchev–Trinajstić information content (AvgIpc) is 2.43. The normalized spacial score (nSPS) is 11.4. The van der Waals surface area contributed by atoms with Gasteiger partial charge in [-0.1, -0.05) is 0 Å². The van der Waals surface area contributed by atoms with E-state index >= 15 is 0 Å².